The number of nitrogens with two attached hydrogens (primary N) is 1. The van der Waals surface area contributed by atoms with Gasteiger partial charge in [-0.1, -0.05) is 0 Å². The molecule has 1 aromatic carbocycles. The second-order valence-corrected chi connectivity index (χ2v) is 4.68. The molecule has 1 atom stereocenters. The predicted octanol–water partition coefficient (Wildman–Crippen LogP) is 1.09. The van der Waals surface area contributed by atoms with Crippen LogP contribution in [0.2, 0.25) is 0 Å². The van der Waals surface area contributed by atoms with Crippen molar-refractivity contribution in [2.45, 2.75) is 17.9 Å². The van der Waals surface area contributed by atoms with E-state index in [-0.39, 0.29) is 11.4 Å². The van der Waals surface area contributed by atoms with Crippen LogP contribution in [0.5, 0.6) is 0 Å². The summed E-state index contributed by atoms with van der Waals surface area (Å²) in [4.78, 5) is 22.2. The molecular weight excluding hydrogens is 259 g/mol. The number of thioether (sulfide) groups is 1. The lowest BCUT2D eigenvalue weighted by molar-refractivity contribution is -0.140. The SMILES string of the molecule is CC(=O)NC(CSc1ccc(N)c(F)c1)C(=O)O. The molecule has 0 heterocycles. The predicted molar refractivity (Wildman–Crippen MR) is 66.8 cm³/mol. The summed E-state index contributed by atoms with van der Waals surface area (Å²) < 4.78 is 13.1. The molecule has 0 aliphatic carbocycles. The van der Waals surface area contributed by atoms with Gasteiger partial charge < -0.3 is 16.2 Å². The van der Waals surface area contributed by atoms with Crippen molar-refractivity contribution in [2.75, 3.05) is 11.5 Å². The zero-order chi connectivity index (χ0) is 13.7. The smallest absolute Gasteiger partial charge is 0.327 e. The normalized spacial score (nSPS) is 11.9. The van der Waals surface area contributed by atoms with Gasteiger partial charge in [-0.05, 0) is 18.2 Å². The average molecular weight is 272 g/mol. The molecule has 1 rings (SSSR count). The number of amides is 1. The monoisotopic (exact) mass is 272 g/mol. The molecular formula is C11H13FN2O3S. The van der Waals surface area contributed by atoms with E-state index in [1.54, 1.807) is 6.07 Å². The summed E-state index contributed by atoms with van der Waals surface area (Å²) in [5, 5.41) is 11.2. The molecule has 98 valence electrons. The van der Waals surface area contributed by atoms with Crippen LogP contribution in [0.25, 0.3) is 0 Å². The van der Waals surface area contributed by atoms with Crippen molar-refractivity contribution in [3.63, 3.8) is 0 Å². The topological polar surface area (TPSA) is 92.4 Å². The summed E-state index contributed by atoms with van der Waals surface area (Å²) in [7, 11) is 0. The fourth-order valence-corrected chi connectivity index (χ4v) is 2.13. The van der Waals surface area contributed by atoms with Crippen LogP contribution in [0.1, 0.15) is 6.92 Å². The molecule has 1 amide bonds. The van der Waals surface area contributed by atoms with Crippen LogP contribution in [0.3, 0.4) is 0 Å². The van der Waals surface area contributed by atoms with Crippen LogP contribution in [-0.4, -0.2) is 28.8 Å². The fourth-order valence-electron chi connectivity index (χ4n) is 1.20. The summed E-state index contributed by atoms with van der Waals surface area (Å²) >= 11 is 1.13. The van der Waals surface area contributed by atoms with Gasteiger partial charge in [-0.15, -0.1) is 11.8 Å². The van der Waals surface area contributed by atoms with Gasteiger partial charge in [0.15, 0.2) is 0 Å². The Labute approximate surface area is 108 Å². The van der Waals surface area contributed by atoms with Crippen molar-refractivity contribution in [1.82, 2.24) is 5.32 Å². The van der Waals surface area contributed by atoms with E-state index in [1.807, 2.05) is 0 Å². The van der Waals surface area contributed by atoms with E-state index in [9.17, 15) is 14.0 Å². The third-order valence-electron chi connectivity index (χ3n) is 2.06. The largest absolute Gasteiger partial charge is 0.480 e. The molecule has 0 saturated heterocycles. The van der Waals surface area contributed by atoms with Gasteiger partial charge in [-0.2, -0.15) is 0 Å². The van der Waals surface area contributed by atoms with Crippen molar-refractivity contribution in [3.05, 3.63) is 24.0 Å². The Morgan fingerprint density at radius 3 is 2.72 bits per heavy atom. The fraction of sp³-hybridized carbons (Fsp3) is 0.273. The Hall–Kier alpha value is -1.76. The third kappa shape index (κ3) is 4.25. The Bertz CT molecular complexity index is 468. The van der Waals surface area contributed by atoms with Crippen LogP contribution in [-0.2, 0) is 9.59 Å². The highest BCUT2D eigenvalue weighted by molar-refractivity contribution is 7.99. The number of hydrogen-bond donors (Lipinski definition) is 3. The van der Waals surface area contributed by atoms with Crippen LogP contribution >= 0.6 is 11.8 Å². The van der Waals surface area contributed by atoms with Crippen molar-refractivity contribution in [2.24, 2.45) is 0 Å². The van der Waals surface area contributed by atoms with E-state index >= 15 is 0 Å². The first-order chi connectivity index (χ1) is 8.40. The van der Waals surface area contributed by atoms with Crippen LogP contribution in [0, 0.1) is 5.82 Å². The standard InChI is InChI=1S/C11H13FN2O3S/c1-6(15)14-10(11(16)17)5-18-7-2-3-9(13)8(12)4-7/h2-4,10H,5,13H2,1H3,(H,14,15)(H,16,17). The van der Waals surface area contributed by atoms with E-state index in [4.69, 9.17) is 10.8 Å². The van der Waals surface area contributed by atoms with Crippen LogP contribution in [0.15, 0.2) is 23.1 Å². The highest BCUT2D eigenvalue weighted by Crippen LogP contribution is 2.22. The van der Waals surface area contributed by atoms with Crippen LogP contribution in [0.4, 0.5) is 10.1 Å². The first-order valence-electron chi connectivity index (χ1n) is 5.08. The number of carbonyl (C=O) groups excluding carboxylic acids is 1. The van der Waals surface area contributed by atoms with E-state index in [1.165, 1.54) is 19.1 Å². The quantitative estimate of drug-likeness (QED) is 0.551. The number of hydrogen-bond acceptors (Lipinski definition) is 4. The molecule has 7 heteroatoms. The lowest BCUT2D eigenvalue weighted by Crippen LogP contribution is -2.41. The second-order valence-electron chi connectivity index (χ2n) is 3.59. The molecule has 0 saturated carbocycles. The number of anilines is 1. The summed E-state index contributed by atoms with van der Waals surface area (Å²) in [6.45, 7) is 1.24. The number of carboxylic acids is 1. The molecule has 0 radical (unpaired) electrons. The summed E-state index contributed by atoms with van der Waals surface area (Å²) in [6, 6.07) is 3.22. The van der Waals surface area contributed by atoms with Crippen molar-refractivity contribution in [1.29, 1.82) is 0 Å². The molecule has 0 aliphatic rings. The zero-order valence-corrected chi connectivity index (χ0v) is 10.5. The lowest BCUT2D eigenvalue weighted by atomic mass is 10.3. The summed E-state index contributed by atoms with van der Waals surface area (Å²) in [6.07, 6.45) is 0. The molecule has 0 fully saturated rings. The molecule has 0 aliphatic heterocycles. The minimum absolute atomic E-state index is 0.0380. The molecule has 0 spiro atoms. The van der Waals surface area contributed by atoms with Crippen LogP contribution < -0.4 is 11.1 Å². The molecule has 0 aromatic heterocycles. The molecule has 5 nitrogen and oxygen atoms in total. The number of halogens is 1. The number of carboxylic acid groups (broad SMARTS) is 1. The molecule has 4 N–H and O–H groups in total. The Morgan fingerprint density at radius 1 is 1.56 bits per heavy atom. The number of benzene rings is 1. The molecule has 0 bridgehead atoms. The number of nitrogen functional groups attached to an aromatic ring is 1. The maximum Gasteiger partial charge on any atom is 0.327 e. The Morgan fingerprint density at radius 2 is 2.22 bits per heavy atom. The molecule has 1 aromatic rings. The second kappa shape index (κ2) is 6.25. The molecule has 1 unspecified atom stereocenters. The van der Waals surface area contributed by atoms with Gasteiger partial charge in [0.25, 0.3) is 0 Å². The van der Waals surface area contributed by atoms with Gasteiger partial charge in [0, 0.05) is 17.6 Å². The minimum atomic E-state index is -1.13. The number of nitrogens with one attached hydrogen (secondary N) is 1. The van der Waals surface area contributed by atoms with Gasteiger partial charge in [0.2, 0.25) is 5.91 Å². The third-order valence-corrected chi connectivity index (χ3v) is 3.15. The first kappa shape index (κ1) is 14.3. The number of carbonyl (C=O) groups is 2. The Balaban J connectivity index is 2.64. The van der Waals surface area contributed by atoms with Gasteiger partial charge in [0.05, 0.1) is 5.69 Å². The van der Waals surface area contributed by atoms with Gasteiger partial charge in [-0.3, -0.25) is 4.79 Å². The van der Waals surface area contributed by atoms with Crippen molar-refractivity contribution >= 4 is 29.3 Å². The van der Waals surface area contributed by atoms with E-state index in [0.717, 1.165) is 11.8 Å². The van der Waals surface area contributed by atoms with E-state index in [0.29, 0.717) is 4.90 Å². The summed E-state index contributed by atoms with van der Waals surface area (Å²) in [5.74, 6) is -2.00. The highest BCUT2D eigenvalue weighted by Gasteiger charge is 2.18. The van der Waals surface area contributed by atoms with Gasteiger partial charge in [-0.25, -0.2) is 9.18 Å². The van der Waals surface area contributed by atoms with E-state index in [2.05, 4.69) is 5.32 Å². The van der Waals surface area contributed by atoms with Gasteiger partial charge >= 0.3 is 5.97 Å². The van der Waals surface area contributed by atoms with E-state index < -0.39 is 23.7 Å². The van der Waals surface area contributed by atoms with Crippen molar-refractivity contribution < 1.29 is 19.1 Å². The Kier molecular flexibility index (Phi) is 4.96. The molecule has 18 heavy (non-hydrogen) atoms. The minimum Gasteiger partial charge on any atom is -0.480 e. The van der Waals surface area contributed by atoms with Gasteiger partial charge in [0.1, 0.15) is 11.9 Å². The number of rotatable bonds is 5. The lowest BCUT2D eigenvalue weighted by Gasteiger charge is -2.12. The maximum absolute atomic E-state index is 13.1. The summed E-state index contributed by atoms with van der Waals surface area (Å²) in [5.41, 5.74) is 5.36. The highest BCUT2D eigenvalue weighted by atomic mass is 32.2. The zero-order valence-electron chi connectivity index (χ0n) is 9.64. The number of aliphatic carboxylic acids is 1. The first-order valence-corrected chi connectivity index (χ1v) is 6.06. The van der Waals surface area contributed by atoms with Crippen molar-refractivity contribution in [3.8, 4) is 0 Å². The average Bonchev–Trinajstić information content (AvgIpc) is 2.28. The maximum atomic E-state index is 13.1.